The van der Waals surface area contributed by atoms with Crippen LogP contribution < -0.4 is 20.8 Å². The maximum Gasteiger partial charge on any atom is 0.279 e. The van der Waals surface area contributed by atoms with Crippen molar-refractivity contribution in [3.8, 4) is 0 Å². The van der Waals surface area contributed by atoms with Crippen LogP contribution in [0.2, 0.25) is 0 Å². The van der Waals surface area contributed by atoms with Gasteiger partial charge in [-0.2, -0.15) is 5.10 Å². The fourth-order valence-corrected chi connectivity index (χ4v) is 5.50. The zero-order chi connectivity index (χ0) is 24.5. The van der Waals surface area contributed by atoms with Crippen molar-refractivity contribution in [1.82, 2.24) is 5.43 Å². The van der Waals surface area contributed by atoms with Crippen LogP contribution >= 0.6 is 44.1 Å². The molecule has 0 aromatic heterocycles. The summed E-state index contributed by atoms with van der Waals surface area (Å²) < 4.78 is 24.3. The van der Waals surface area contributed by atoms with Gasteiger partial charge in [0.15, 0.2) is 10.8 Å². The predicted molar refractivity (Wildman–Crippen MR) is 143 cm³/mol. The van der Waals surface area contributed by atoms with Gasteiger partial charge >= 0.3 is 0 Å². The fourth-order valence-electron chi connectivity index (χ4n) is 3.38. The third-order valence-electron chi connectivity index (χ3n) is 4.89. The Hall–Kier alpha value is -2.64. The number of hydrogen-bond donors (Lipinski definition) is 3. The Labute approximate surface area is 218 Å². The lowest BCUT2D eigenvalue weighted by Crippen LogP contribution is -2.32. The molecule has 1 aliphatic rings. The summed E-state index contributed by atoms with van der Waals surface area (Å²) in [7, 11) is -3.79. The molecule has 0 spiro atoms. The SMILES string of the molecule is NS(=O)(=O)c1ccc(NC(=S)NN=C2C(=O)N(Cc3ccccc3)c3c(Br)cc(Br)cc32)cc1. The molecule has 12 heteroatoms. The summed E-state index contributed by atoms with van der Waals surface area (Å²) in [6.45, 7) is 0.380. The van der Waals surface area contributed by atoms with E-state index < -0.39 is 10.0 Å². The summed E-state index contributed by atoms with van der Waals surface area (Å²) in [5.41, 5.74) is 5.78. The minimum absolute atomic E-state index is 0.0139. The van der Waals surface area contributed by atoms with Crippen LogP contribution in [0.3, 0.4) is 0 Å². The number of fused-ring (bicyclic) bond motifs is 1. The minimum Gasteiger partial charge on any atom is -0.331 e. The first kappa shape index (κ1) is 24.5. The average molecular weight is 623 g/mol. The number of carbonyl (C=O) groups excluding carboxylic acids is 1. The number of primary sulfonamides is 1. The van der Waals surface area contributed by atoms with Gasteiger partial charge in [0.2, 0.25) is 10.0 Å². The van der Waals surface area contributed by atoms with Crippen molar-refractivity contribution >= 4 is 82.2 Å². The first-order chi connectivity index (χ1) is 16.1. The van der Waals surface area contributed by atoms with Crippen LogP contribution in [0.1, 0.15) is 11.1 Å². The number of rotatable bonds is 5. The molecule has 0 saturated heterocycles. The molecule has 8 nitrogen and oxygen atoms in total. The molecule has 1 amide bonds. The zero-order valence-electron chi connectivity index (χ0n) is 17.3. The van der Waals surface area contributed by atoms with E-state index in [4.69, 9.17) is 17.4 Å². The van der Waals surface area contributed by atoms with Crippen molar-refractivity contribution in [1.29, 1.82) is 0 Å². The highest BCUT2D eigenvalue weighted by molar-refractivity contribution is 9.11. The highest BCUT2D eigenvalue weighted by Crippen LogP contribution is 2.39. The lowest BCUT2D eigenvalue weighted by atomic mass is 10.1. The number of thiocarbonyl (C=S) groups is 1. The Kier molecular flexibility index (Phi) is 7.14. The number of hydrazone groups is 1. The van der Waals surface area contributed by atoms with Crippen LogP contribution in [0.25, 0.3) is 0 Å². The topological polar surface area (TPSA) is 117 Å². The number of anilines is 2. The van der Waals surface area contributed by atoms with Gasteiger partial charge in [0.05, 0.1) is 17.1 Å². The molecule has 0 unspecified atom stereocenters. The lowest BCUT2D eigenvalue weighted by molar-refractivity contribution is -0.112. The highest BCUT2D eigenvalue weighted by atomic mass is 79.9. The molecule has 0 aliphatic carbocycles. The third-order valence-corrected chi connectivity index (χ3v) is 7.08. The van der Waals surface area contributed by atoms with E-state index in [0.717, 1.165) is 20.2 Å². The molecule has 34 heavy (non-hydrogen) atoms. The normalized spacial score (nSPS) is 14.3. The smallest absolute Gasteiger partial charge is 0.279 e. The monoisotopic (exact) mass is 621 g/mol. The second-order valence-corrected chi connectivity index (χ2v) is 11.0. The van der Waals surface area contributed by atoms with E-state index in [1.807, 2.05) is 42.5 Å². The Morgan fingerprint density at radius 2 is 1.74 bits per heavy atom. The lowest BCUT2D eigenvalue weighted by Gasteiger charge is -2.18. The number of benzene rings is 3. The van der Waals surface area contributed by atoms with Gasteiger partial charge in [-0.25, -0.2) is 13.6 Å². The number of halogens is 2. The van der Waals surface area contributed by atoms with Gasteiger partial charge in [0.25, 0.3) is 5.91 Å². The van der Waals surface area contributed by atoms with Crippen molar-refractivity contribution in [3.05, 3.63) is 86.8 Å². The van der Waals surface area contributed by atoms with E-state index in [1.54, 1.807) is 4.90 Å². The predicted octanol–water partition coefficient (Wildman–Crippen LogP) is 4.10. The van der Waals surface area contributed by atoms with Gasteiger partial charge in [0.1, 0.15) is 0 Å². The molecule has 0 saturated carbocycles. The van der Waals surface area contributed by atoms with Crippen LogP contribution in [-0.4, -0.2) is 25.1 Å². The molecule has 4 rings (SSSR count). The molecule has 0 fully saturated rings. The maximum absolute atomic E-state index is 13.3. The highest BCUT2D eigenvalue weighted by Gasteiger charge is 2.36. The molecule has 0 radical (unpaired) electrons. The van der Waals surface area contributed by atoms with Crippen LogP contribution in [0.4, 0.5) is 11.4 Å². The molecule has 3 aromatic carbocycles. The fraction of sp³-hybridized carbons (Fsp3) is 0.0455. The molecular formula is C22H17Br2N5O3S2. The Bertz CT molecular complexity index is 1410. The number of sulfonamides is 1. The average Bonchev–Trinajstić information content (AvgIpc) is 3.03. The summed E-state index contributed by atoms with van der Waals surface area (Å²) in [6.07, 6.45) is 0. The summed E-state index contributed by atoms with van der Waals surface area (Å²) >= 11 is 12.3. The summed E-state index contributed by atoms with van der Waals surface area (Å²) in [5, 5.41) is 12.4. The van der Waals surface area contributed by atoms with Gasteiger partial charge in [-0.15, -0.1) is 0 Å². The van der Waals surface area contributed by atoms with Gasteiger partial charge in [-0.3, -0.25) is 10.2 Å². The molecule has 1 heterocycles. The standard InChI is InChI=1S/C22H17Br2N5O3S2/c23-14-10-17-19(27-28-22(33)26-15-6-8-16(9-7-15)34(25,31)32)21(30)29(20(17)18(24)11-14)12-13-4-2-1-3-5-13/h1-11H,12H2,(H2,25,31,32)(H2,26,28,33). The number of carbonyl (C=O) groups is 1. The second-order valence-electron chi connectivity index (χ2n) is 7.26. The first-order valence-corrected chi connectivity index (χ1v) is 13.3. The van der Waals surface area contributed by atoms with E-state index in [2.05, 4.69) is 47.7 Å². The maximum atomic E-state index is 13.3. The molecule has 0 atom stereocenters. The Morgan fingerprint density at radius 3 is 2.38 bits per heavy atom. The molecule has 3 aromatic rings. The summed E-state index contributed by atoms with van der Waals surface area (Å²) in [4.78, 5) is 15.0. The number of nitrogens with one attached hydrogen (secondary N) is 2. The minimum atomic E-state index is -3.79. The first-order valence-electron chi connectivity index (χ1n) is 9.76. The molecular weight excluding hydrogens is 606 g/mol. The Morgan fingerprint density at radius 1 is 1.06 bits per heavy atom. The zero-order valence-corrected chi connectivity index (χ0v) is 22.1. The van der Waals surface area contributed by atoms with Gasteiger partial charge in [-0.1, -0.05) is 46.3 Å². The number of amides is 1. The molecule has 174 valence electrons. The molecule has 1 aliphatic heterocycles. The number of hydrogen-bond acceptors (Lipinski definition) is 5. The van der Waals surface area contributed by atoms with Crippen molar-refractivity contribution < 1.29 is 13.2 Å². The van der Waals surface area contributed by atoms with Crippen LogP contribution in [0, 0.1) is 0 Å². The van der Waals surface area contributed by atoms with E-state index in [-0.39, 0.29) is 21.6 Å². The molecule has 4 N–H and O–H groups in total. The molecule has 0 bridgehead atoms. The van der Waals surface area contributed by atoms with Crippen LogP contribution in [-0.2, 0) is 21.4 Å². The van der Waals surface area contributed by atoms with Crippen molar-refractivity contribution in [3.63, 3.8) is 0 Å². The van der Waals surface area contributed by atoms with Crippen LogP contribution in [0.5, 0.6) is 0 Å². The van der Waals surface area contributed by atoms with E-state index in [1.165, 1.54) is 24.3 Å². The van der Waals surface area contributed by atoms with Gasteiger partial charge in [0, 0.05) is 20.2 Å². The number of nitrogens with zero attached hydrogens (tertiary/aromatic N) is 2. The third kappa shape index (κ3) is 5.36. The summed E-state index contributed by atoms with van der Waals surface area (Å²) in [5.74, 6) is -0.273. The summed E-state index contributed by atoms with van der Waals surface area (Å²) in [6, 6.07) is 19.1. The van der Waals surface area contributed by atoms with Crippen molar-refractivity contribution in [2.24, 2.45) is 10.2 Å². The van der Waals surface area contributed by atoms with Crippen molar-refractivity contribution in [2.45, 2.75) is 11.4 Å². The number of nitrogens with two attached hydrogens (primary N) is 1. The Balaban J connectivity index is 1.57. The van der Waals surface area contributed by atoms with Crippen LogP contribution in [0.15, 0.2) is 85.7 Å². The van der Waals surface area contributed by atoms with Gasteiger partial charge < -0.3 is 10.2 Å². The largest absolute Gasteiger partial charge is 0.331 e. The van der Waals surface area contributed by atoms with Gasteiger partial charge in [-0.05, 0) is 70.1 Å². The van der Waals surface area contributed by atoms with Crippen molar-refractivity contribution in [2.75, 3.05) is 10.2 Å². The van der Waals surface area contributed by atoms with E-state index in [0.29, 0.717) is 17.8 Å². The second kappa shape index (κ2) is 9.92. The van der Waals surface area contributed by atoms with E-state index >= 15 is 0 Å². The quantitative estimate of drug-likeness (QED) is 0.291. The van der Waals surface area contributed by atoms with E-state index in [9.17, 15) is 13.2 Å².